The van der Waals surface area contributed by atoms with Gasteiger partial charge in [-0.1, -0.05) is 35.3 Å². The molecule has 0 bridgehead atoms. The van der Waals surface area contributed by atoms with Gasteiger partial charge in [-0.2, -0.15) is 0 Å². The van der Waals surface area contributed by atoms with Gasteiger partial charge in [-0.25, -0.2) is 4.39 Å². The molecule has 7 heteroatoms. The van der Waals surface area contributed by atoms with E-state index in [1.807, 2.05) is 22.1 Å². The Morgan fingerprint density at radius 2 is 1.81 bits per heavy atom. The maximum atomic E-state index is 13.2. The van der Waals surface area contributed by atoms with Crippen molar-refractivity contribution in [1.82, 2.24) is 4.57 Å². The maximum absolute atomic E-state index is 13.2. The number of hydrogen-bond donors (Lipinski definition) is 1. The molecule has 0 fully saturated rings. The Kier molecular flexibility index (Phi) is 4.91. The number of halogens is 3. The lowest BCUT2D eigenvalue weighted by Gasteiger charge is -2.11. The predicted molar refractivity (Wildman–Crippen MR) is 110 cm³/mol. The summed E-state index contributed by atoms with van der Waals surface area (Å²) in [6.45, 7) is 0.463. The van der Waals surface area contributed by atoms with E-state index in [4.69, 9.17) is 23.2 Å². The van der Waals surface area contributed by atoms with Gasteiger partial charge in [0.1, 0.15) is 11.5 Å². The minimum Gasteiger partial charge on any atom is -0.331 e. The van der Waals surface area contributed by atoms with Gasteiger partial charge < -0.3 is 9.88 Å². The molecule has 3 nitrogen and oxygen atoms in total. The third-order valence-corrected chi connectivity index (χ3v) is 5.78. The summed E-state index contributed by atoms with van der Waals surface area (Å²) >= 11 is 13.5. The molecule has 0 unspecified atom stereocenters. The van der Waals surface area contributed by atoms with Crippen molar-refractivity contribution < 1.29 is 9.18 Å². The van der Waals surface area contributed by atoms with Gasteiger partial charge in [0.2, 0.25) is 0 Å². The lowest BCUT2D eigenvalue weighted by atomic mass is 10.2. The highest BCUT2D eigenvalue weighted by molar-refractivity contribution is 7.17. The van der Waals surface area contributed by atoms with Crippen molar-refractivity contribution >= 4 is 56.3 Å². The molecule has 0 radical (unpaired) electrons. The van der Waals surface area contributed by atoms with Crippen molar-refractivity contribution in [2.45, 2.75) is 6.54 Å². The third kappa shape index (κ3) is 3.72. The smallest absolute Gasteiger partial charge is 0.272 e. The first-order chi connectivity index (χ1) is 13.0. The first kappa shape index (κ1) is 18.0. The van der Waals surface area contributed by atoms with Crippen LogP contribution in [0.1, 0.15) is 16.1 Å². The number of carbonyl (C=O) groups excluding carboxylic acids is 1. The largest absolute Gasteiger partial charge is 0.331 e. The molecule has 0 spiro atoms. The van der Waals surface area contributed by atoms with Gasteiger partial charge in [-0.3, -0.25) is 4.79 Å². The number of nitrogens with zero attached hydrogens (tertiary/aromatic N) is 1. The monoisotopic (exact) mass is 418 g/mol. The Balaban J connectivity index is 1.68. The summed E-state index contributed by atoms with van der Waals surface area (Å²) in [5.41, 5.74) is 2.95. The van der Waals surface area contributed by atoms with E-state index in [1.54, 1.807) is 41.7 Å². The molecule has 0 aliphatic carbocycles. The zero-order valence-electron chi connectivity index (χ0n) is 13.9. The number of amides is 1. The van der Waals surface area contributed by atoms with Gasteiger partial charge in [0.15, 0.2) is 0 Å². The second kappa shape index (κ2) is 7.35. The van der Waals surface area contributed by atoms with Crippen LogP contribution < -0.4 is 5.32 Å². The Labute approximate surface area is 169 Å². The fourth-order valence-corrected chi connectivity index (χ4v) is 4.00. The van der Waals surface area contributed by atoms with Crippen LogP contribution in [0.25, 0.3) is 10.2 Å². The summed E-state index contributed by atoms with van der Waals surface area (Å²) in [5, 5.41) is 5.63. The number of aromatic nitrogens is 1. The topological polar surface area (TPSA) is 34.0 Å². The number of fused-ring (bicyclic) bond motifs is 1. The number of rotatable bonds is 4. The number of anilines is 1. The Morgan fingerprint density at radius 3 is 2.56 bits per heavy atom. The van der Waals surface area contributed by atoms with Crippen molar-refractivity contribution in [1.29, 1.82) is 0 Å². The van der Waals surface area contributed by atoms with E-state index < -0.39 is 0 Å². The molecule has 0 aliphatic heterocycles. The highest BCUT2D eigenvalue weighted by atomic mass is 35.5. The summed E-state index contributed by atoms with van der Waals surface area (Å²) in [7, 11) is 0. The zero-order chi connectivity index (χ0) is 19.0. The van der Waals surface area contributed by atoms with Gasteiger partial charge in [0, 0.05) is 12.2 Å². The number of thiophene rings is 1. The van der Waals surface area contributed by atoms with Gasteiger partial charge in [-0.05, 0) is 53.4 Å². The van der Waals surface area contributed by atoms with E-state index in [1.165, 1.54) is 12.1 Å². The average Bonchev–Trinajstić information content (AvgIpc) is 3.23. The number of carbonyl (C=O) groups is 1. The molecule has 0 aliphatic rings. The summed E-state index contributed by atoms with van der Waals surface area (Å²) < 4.78 is 16.1. The van der Waals surface area contributed by atoms with Crippen molar-refractivity contribution in [2.75, 3.05) is 5.32 Å². The predicted octanol–water partition coefficient (Wildman–Crippen LogP) is 6.45. The van der Waals surface area contributed by atoms with Crippen molar-refractivity contribution in [3.63, 3.8) is 0 Å². The van der Waals surface area contributed by atoms with Crippen molar-refractivity contribution in [3.8, 4) is 0 Å². The van der Waals surface area contributed by atoms with Gasteiger partial charge in [-0.15, -0.1) is 11.3 Å². The molecule has 0 atom stereocenters. The fourth-order valence-electron chi connectivity index (χ4n) is 2.88. The highest BCUT2D eigenvalue weighted by Crippen LogP contribution is 2.28. The van der Waals surface area contributed by atoms with Gasteiger partial charge >= 0.3 is 0 Å². The highest BCUT2D eigenvalue weighted by Gasteiger charge is 2.17. The van der Waals surface area contributed by atoms with E-state index in [0.29, 0.717) is 28.0 Å². The third-order valence-electron chi connectivity index (χ3n) is 4.19. The molecule has 136 valence electrons. The molecular weight excluding hydrogens is 406 g/mol. The number of benzene rings is 2. The fraction of sp³-hybridized carbons (Fsp3) is 0.0500. The SMILES string of the molecule is O=C(Nc1ccc(Cl)c(Cl)c1)c1cc2sccc2n1Cc1ccc(F)cc1. The van der Waals surface area contributed by atoms with Crippen LogP contribution in [0.5, 0.6) is 0 Å². The molecule has 1 N–H and O–H groups in total. The summed E-state index contributed by atoms with van der Waals surface area (Å²) in [6.07, 6.45) is 0. The molecule has 2 heterocycles. The van der Waals surface area contributed by atoms with Crippen LogP contribution in [-0.4, -0.2) is 10.5 Å². The lowest BCUT2D eigenvalue weighted by Crippen LogP contribution is -2.17. The maximum Gasteiger partial charge on any atom is 0.272 e. The van der Waals surface area contributed by atoms with Gasteiger partial charge in [0.25, 0.3) is 5.91 Å². The molecule has 2 aromatic heterocycles. The first-order valence-corrected chi connectivity index (χ1v) is 9.72. The molecule has 0 saturated carbocycles. The lowest BCUT2D eigenvalue weighted by molar-refractivity contribution is 0.101. The second-order valence-electron chi connectivity index (χ2n) is 6.00. The molecule has 2 aromatic carbocycles. The normalized spacial score (nSPS) is 11.1. The van der Waals surface area contributed by atoms with Crippen LogP contribution >= 0.6 is 34.5 Å². The second-order valence-corrected chi connectivity index (χ2v) is 7.76. The Bertz CT molecular complexity index is 1130. The van der Waals surface area contributed by atoms with E-state index in [2.05, 4.69) is 5.32 Å². The van der Waals surface area contributed by atoms with Crippen LogP contribution in [-0.2, 0) is 6.54 Å². The van der Waals surface area contributed by atoms with Crippen molar-refractivity contribution in [2.24, 2.45) is 0 Å². The average molecular weight is 419 g/mol. The Hall–Kier alpha value is -2.34. The van der Waals surface area contributed by atoms with E-state index in [9.17, 15) is 9.18 Å². The van der Waals surface area contributed by atoms with Crippen LogP contribution in [0, 0.1) is 5.82 Å². The summed E-state index contributed by atoms with van der Waals surface area (Å²) in [4.78, 5) is 12.9. The zero-order valence-corrected chi connectivity index (χ0v) is 16.2. The minimum atomic E-state index is -0.287. The quantitative estimate of drug-likeness (QED) is 0.405. The van der Waals surface area contributed by atoms with E-state index in [-0.39, 0.29) is 11.7 Å². The molecule has 27 heavy (non-hydrogen) atoms. The molecular formula is C20H13Cl2FN2OS. The molecule has 1 amide bonds. The van der Waals surface area contributed by atoms with Crippen LogP contribution in [0.15, 0.2) is 60.0 Å². The molecule has 4 rings (SSSR count). The summed E-state index contributed by atoms with van der Waals surface area (Å²) in [6, 6.07) is 15.0. The minimum absolute atomic E-state index is 0.251. The standard InChI is InChI=1S/C20H13Cl2FN2OS/c21-15-6-5-14(9-16(15)22)24-20(26)18-10-19-17(7-8-27-19)25(18)11-12-1-3-13(23)4-2-12/h1-10H,11H2,(H,24,26). The molecule has 4 aromatic rings. The Morgan fingerprint density at radius 1 is 1.04 bits per heavy atom. The number of nitrogens with one attached hydrogen (secondary N) is 1. The van der Waals surface area contributed by atoms with Crippen LogP contribution in [0.3, 0.4) is 0 Å². The first-order valence-electron chi connectivity index (χ1n) is 8.09. The van der Waals surface area contributed by atoms with Crippen LogP contribution in [0.4, 0.5) is 10.1 Å². The van der Waals surface area contributed by atoms with E-state index in [0.717, 1.165) is 15.8 Å². The van der Waals surface area contributed by atoms with E-state index >= 15 is 0 Å². The summed E-state index contributed by atoms with van der Waals surface area (Å²) in [5.74, 6) is -0.538. The number of hydrogen-bond acceptors (Lipinski definition) is 2. The van der Waals surface area contributed by atoms with Crippen LogP contribution in [0.2, 0.25) is 10.0 Å². The molecule has 0 saturated heterocycles. The van der Waals surface area contributed by atoms with Gasteiger partial charge in [0.05, 0.1) is 20.3 Å². The van der Waals surface area contributed by atoms with Crippen molar-refractivity contribution in [3.05, 3.63) is 87.1 Å².